The van der Waals surface area contributed by atoms with E-state index >= 15 is 0 Å². The highest BCUT2D eigenvalue weighted by Gasteiger charge is 2.14. The van der Waals surface area contributed by atoms with Crippen LogP contribution in [-0.4, -0.2) is 23.3 Å². The Hall–Kier alpha value is -0.870. The molecule has 17 heavy (non-hydrogen) atoms. The number of unbranched alkanes of at least 4 members (excludes halogenated alkanes) is 2. The van der Waals surface area contributed by atoms with Crippen LogP contribution in [0.25, 0.3) is 0 Å². The lowest BCUT2D eigenvalue weighted by Gasteiger charge is -2.17. The summed E-state index contributed by atoms with van der Waals surface area (Å²) in [4.78, 5) is 4.20. The Bertz CT molecular complexity index is 309. The molecule has 1 unspecified atom stereocenters. The third kappa shape index (κ3) is 4.48. The first-order chi connectivity index (χ1) is 8.16. The summed E-state index contributed by atoms with van der Waals surface area (Å²) in [5.74, 6) is 0.443. The molecule has 0 radical (unpaired) electrons. The Balaban J connectivity index is 2.41. The zero-order valence-electron chi connectivity index (χ0n) is 11.2. The fourth-order valence-corrected chi connectivity index (χ4v) is 1.84. The molecule has 1 rings (SSSR count). The van der Waals surface area contributed by atoms with Crippen LogP contribution in [0.5, 0.6) is 0 Å². The van der Waals surface area contributed by atoms with Crippen LogP contribution < -0.4 is 5.73 Å². The number of aromatic nitrogens is 2. The summed E-state index contributed by atoms with van der Waals surface area (Å²) in [6.07, 6.45) is 7.23. The molecule has 0 saturated heterocycles. The molecule has 0 bridgehead atoms. The van der Waals surface area contributed by atoms with Crippen LogP contribution >= 0.6 is 0 Å². The largest absolute Gasteiger partial charge is 0.385 e. The maximum absolute atomic E-state index is 6.15. The van der Waals surface area contributed by atoms with Crippen LogP contribution in [0.4, 0.5) is 0 Å². The van der Waals surface area contributed by atoms with Gasteiger partial charge in [0.05, 0.1) is 12.0 Å². The van der Waals surface area contributed by atoms with Gasteiger partial charge >= 0.3 is 0 Å². The molecule has 1 atom stereocenters. The van der Waals surface area contributed by atoms with Gasteiger partial charge in [-0.25, -0.2) is 4.98 Å². The lowest BCUT2D eigenvalue weighted by atomic mass is 10.0. The smallest absolute Gasteiger partial charge is 0.0948 e. The predicted octanol–water partition coefficient (Wildman–Crippen LogP) is 2.36. The summed E-state index contributed by atoms with van der Waals surface area (Å²) >= 11 is 0. The van der Waals surface area contributed by atoms with Crippen molar-refractivity contribution in [3.05, 3.63) is 18.2 Å². The van der Waals surface area contributed by atoms with E-state index < -0.39 is 0 Å². The van der Waals surface area contributed by atoms with E-state index in [1.165, 1.54) is 6.42 Å². The number of nitrogens with zero attached hydrogens (tertiary/aromatic N) is 2. The molecule has 0 fully saturated rings. The number of imidazole rings is 1. The van der Waals surface area contributed by atoms with Gasteiger partial charge in [0, 0.05) is 32.5 Å². The highest BCUT2D eigenvalue weighted by atomic mass is 16.5. The molecule has 4 heteroatoms. The molecule has 0 aliphatic rings. The van der Waals surface area contributed by atoms with E-state index in [0.29, 0.717) is 5.92 Å². The van der Waals surface area contributed by atoms with Crippen molar-refractivity contribution in [3.63, 3.8) is 0 Å². The summed E-state index contributed by atoms with van der Waals surface area (Å²) in [5.41, 5.74) is 7.30. The number of rotatable bonds is 8. The zero-order valence-corrected chi connectivity index (χ0v) is 11.2. The van der Waals surface area contributed by atoms with E-state index in [2.05, 4.69) is 23.4 Å². The minimum Gasteiger partial charge on any atom is -0.385 e. The number of methoxy groups -OCH3 is 1. The normalized spacial score (nSPS) is 13.2. The van der Waals surface area contributed by atoms with Crippen LogP contribution in [-0.2, 0) is 11.3 Å². The molecule has 0 aliphatic heterocycles. The minimum atomic E-state index is 0.0801. The molecule has 4 nitrogen and oxygen atoms in total. The van der Waals surface area contributed by atoms with Gasteiger partial charge in [-0.2, -0.15) is 0 Å². The third-order valence-corrected chi connectivity index (χ3v) is 3.05. The fraction of sp³-hybridized carbons (Fsp3) is 0.769. The summed E-state index contributed by atoms with van der Waals surface area (Å²) < 4.78 is 7.21. The van der Waals surface area contributed by atoms with Crippen LogP contribution in [0.2, 0.25) is 0 Å². The third-order valence-electron chi connectivity index (χ3n) is 3.05. The Kier molecular flexibility index (Phi) is 6.22. The molecular formula is C13H25N3O. The van der Waals surface area contributed by atoms with Crippen molar-refractivity contribution in [2.75, 3.05) is 13.7 Å². The van der Waals surface area contributed by atoms with E-state index in [4.69, 9.17) is 10.5 Å². The summed E-state index contributed by atoms with van der Waals surface area (Å²) in [6, 6.07) is 0.0801. The van der Waals surface area contributed by atoms with Gasteiger partial charge in [0.25, 0.3) is 0 Å². The molecule has 0 saturated carbocycles. The van der Waals surface area contributed by atoms with Gasteiger partial charge in [0.1, 0.15) is 0 Å². The van der Waals surface area contributed by atoms with E-state index in [1.807, 2.05) is 12.5 Å². The van der Waals surface area contributed by atoms with Gasteiger partial charge < -0.3 is 15.0 Å². The molecule has 98 valence electrons. The number of ether oxygens (including phenoxy) is 1. The molecule has 0 amide bonds. The summed E-state index contributed by atoms with van der Waals surface area (Å²) in [6.45, 7) is 6.13. The lowest BCUT2D eigenvalue weighted by Crippen LogP contribution is -2.20. The van der Waals surface area contributed by atoms with Crippen molar-refractivity contribution >= 4 is 0 Å². The highest BCUT2D eigenvalue weighted by molar-refractivity contribution is 5.05. The predicted molar refractivity (Wildman–Crippen MR) is 69.7 cm³/mol. The molecule has 1 heterocycles. The standard InChI is InChI=1S/C13H25N3O/c1-11(2)13(14)12-9-15-10-16(12)7-5-4-6-8-17-3/h9-11,13H,4-8,14H2,1-3H3. The molecule has 1 aromatic heterocycles. The van der Waals surface area contributed by atoms with Gasteiger partial charge in [-0.05, 0) is 25.2 Å². The van der Waals surface area contributed by atoms with Gasteiger partial charge in [0.15, 0.2) is 0 Å². The fourth-order valence-electron chi connectivity index (χ4n) is 1.84. The van der Waals surface area contributed by atoms with Gasteiger partial charge in [-0.1, -0.05) is 13.8 Å². The van der Waals surface area contributed by atoms with Gasteiger partial charge in [-0.3, -0.25) is 0 Å². The second-order valence-electron chi connectivity index (χ2n) is 4.84. The van der Waals surface area contributed by atoms with Gasteiger partial charge in [0.2, 0.25) is 0 Å². The molecular weight excluding hydrogens is 214 g/mol. The monoisotopic (exact) mass is 239 g/mol. The maximum atomic E-state index is 6.15. The Morgan fingerprint density at radius 3 is 2.76 bits per heavy atom. The average molecular weight is 239 g/mol. The van der Waals surface area contributed by atoms with Crippen LogP contribution in [0.1, 0.15) is 44.8 Å². The second-order valence-corrected chi connectivity index (χ2v) is 4.84. The first kappa shape index (κ1) is 14.2. The Labute approximate surface area is 104 Å². The van der Waals surface area contributed by atoms with E-state index in [0.717, 1.165) is 31.7 Å². The van der Waals surface area contributed by atoms with E-state index in [9.17, 15) is 0 Å². The van der Waals surface area contributed by atoms with Crippen molar-refractivity contribution in [1.29, 1.82) is 0 Å². The Morgan fingerprint density at radius 1 is 1.35 bits per heavy atom. The molecule has 0 spiro atoms. The van der Waals surface area contributed by atoms with E-state index in [-0.39, 0.29) is 6.04 Å². The molecule has 0 aromatic carbocycles. The van der Waals surface area contributed by atoms with E-state index in [1.54, 1.807) is 7.11 Å². The SMILES string of the molecule is COCCCCCn1cncc1C(N)C(C)C. The maximum Gasteiger partial charge on any atom is 0.0948 e. The summed E-state index contributed by atoms with van der Waals surface area (Å²) in [7, 11) is 1.75. The van der Waals surface area contributed by atoms with Crippen molar-refractivity contribution in [3.8, 4) is 0 Å². The molecule has 2 N–H and O–H groups in total. The average Bonchev–Trinajstić information content (AvgIpc) is 2.76. The van der Waals surface area contributed by atoms with Crippen molar-refractivity contribution in [2.24, 2.45) is 11.7 Å². The molecule has 1 aromatic rings. The van der Waals surface area contributed by atoms with Crippen molar-refractivity contribution in [2.45, 2.75) is 45.7 Å². The zero-order chi connectivity index (χ0) is 12.7. The minimum absolute atomic E-state index is 0.0801. The molecule has 0 aliphatic carbocycles. The second kappa shape index (κ2) is 7.45. The number of hydrogen-bond donors (Lipinski definition) is 1. The van der Waals surface area contributed by atoms with Gasteiger partial charge in [-0.15, -0.1) is 0 Å². The van der Waals surface area contributed by atoms with Crippen molar-refractivity contribution < 1.29 is 4.74 Å². The first-order valence-electron chi connectivity index (χ1n) is 6.41. The number of aryl methyl sites for hydroxylation is 1. The van der Waals surface area contributed by atoms with Crippen molar-refractivity contribution in [1.82, 2.24) is 9.55 Å². The Morgan fingerprint density at radius 2 is 2.12 bits per heavy atom. The quantitative estimate of drug-likeness (QED) is 0.708. The first-order valence-corrected chi connectivity index (χ1v) is 6.41. The topological polar surface area (TPSA) is 53.1 Å². The van der Waals surface area contributed by atoms with Crippen LogP contribution in [0, 0.1) is 5.92 Å². The summed E-state index contributed by atoms with van der Waals surface area (Å²) in [5, 5.41) is 0. The number of nitrogens with two attached hydrogens (primary N) is 1. The number of hydrogen-bond acceptors (Lipinski definition) is 3. The van der Waals surface area contributed by atoms with Crippen LogP contribution in [0.15, 0.2) is 12.5 Å². The highest BCUT2D eigenvalue weighted by Crippen LogP contribution is 2.18. The lowest BCUT2D eigenvalue weighted by molar-refractivity contribution is 0.191. The van der Waals surface area contributed by atoms with Crippen LogP contribution in [0.3, 0.4) is 0 Å².